The third-order valence-corrected chi connectivity index (χ3v) is 4.13. The van der Waals surface area contributed by atoms with Crippen molar-refractivity contribution in [1.82, 2.24) is 15.7 Å². The Kier molecular flexibility index (Phi) is 7.34. The molecule has 0 spiro atoms. The van der Waals surface area contributed by atoms with Crippen LogP contribution in [-0.4, -0.2) is 55.1 Å². The molecule has 1 atom stereocenters. The second kappa shape index (κ2) is 9.92. The lowest BCUT2D eigenvalue weighted by Crippen LogP contribution is -2.54. The van der Waals surface area contributed by atoms with E-state index in [2.05, 4.69) is 17.2 Å². The molecule has 0 saturated heterocycles. The highest BCUT2D eigenvalue weighted by atomic mass is 16.5. The number of likely N-dealkylation sites (N-methyl/N-ethyl adjacent to an activating group) is 2. The summed E-state index contributed by atoms with van der Waals surface area (Å²) in [6.07, 6.45) is 0. The average molecular weight is 395 g/mol. The number of amides is 3. The summed E-state index contributed by atoms with van der Waals surface area (Å²) in [7, 11) is 4.22. The Morgan fingerprint density at radius 1 is 0.966 bits per heavy atom. The van der Waals surface area contributed by atoms with E-state index in [0.29, 0.717) is 5.56 Å². The van der Waals surface area contributed by atoms with E-state index < -0.39 is 23.8 Å². The minimum Gasteiger partial charge on any atom is -0.497 e. The van der Waals surface area contributed by atoms with Gasteiger partial charge in [-0.25, -0.2) is 5.48 Å². The Bertz CT molecular complexity index is 927. The van der Waals surface area contributed by atoms with Crippen LogP contribution in [0, 0.1) is 11.8 Å². The normalized spacial score (nSPS) is 10.8. The van der Waals surface area contributed by atoms with Crippen molar-refractivity contribution in [3.63, 3.8) is 0 Å². The van der Waals surface area contributed by atoms with Gasteiger partial charge in [-0.15, -0.1) is 0 Å². The molecule has 0 radical (unpaired) electrons. The highest BCUT2D eigenvalue weighted by Gasteiger charge is 2.33. The van der Waals surface area contributed by atoms with E-state index in [0.717, 1.165) is 16.2 Å². The fourth-order valence-corrected chi connectivity index (χ4v) is 2.50. The zero-order valence-electron chi connectivity index (χ0n) is 16.2. The van der Waals surface area contributed by atoms with Gasteiger partial charge in [-0.05, 0) is 48.5 Å². The third-order valence-electron chi connectivity index (χ3n) is 4.13. The molecule has 150 valence electrons. The summed E-state index contributed by atoms with van der Waals surface area (Å²) < 4.78 is 5.10. The molecule has 2 rings (SSSR count). The molecular formula is C21H21N3O5. The number of carbonyl (C=O) groups is 3. The summed E-state index contributed by atoms with van der Waals surface area (Å²) in [6.45, 7) is 0. The summed E-state index contributed by atoms with van der Waals surface area (Å²) in [5.74, 6) is 4.45. The fraction of sp³-hybridized carbons (Fsp3) is 0.190. The largest absolute Gasteiger partial charge is 0.497 e. The predicted octanol–water partition coefficient (Wildman–Crippen LogP) is 0.787. The van der Waals surface area contributed by atoms with Crippen LogP contribution in [0.1, 0.15) is 21.5 Å². The number of ether oxygens (including phenoxy) is 1. The highest BCUT2D eigenvalue weighted by molar-refractivity contribution is 6.08. The van der Waals surface area contributed by atoms with Crippen molar-refractivity contribution in [2.45, 2.75) is 6.04 Å². The van der Waals surface area contributed by atoms with Crippen LogP contribution >= 0.6 is 0 Å². The number of benzene rings is 2. The molecule has 8 heteroatoms. The van der Waals surface area contributed by atoms with Gasteiger partial charge < -0.3 is 15.0 Å². The maximum absolute atomic E-state index is 12.6. The van der Waals surface area contributed by atoms with Crippen molar-refractivity contribution in [1.29, 1.82) is 0 Å². The summed E-state index contributed by atoms with van der Waals surface area (Å²) in [5.41, 5.74) is 3.17. The van der Waals surface area contributed by atoms with Gasteiger partial charge in [-0.3, -0.25) is 19.6 Å². The van der Waals surface area contributed by atoms with E-state index in [1.54, 1.807) is 31.4 Å². The summed E-state index contributed by atoms with van der Waals surface area (Å²) in [6, 6.07) is 12.2. The van der Waals surface area contributed by atoms with Gasteiger partial charge in [-0.1, -0.05) is 11.8 Å². The van der Waals surface area contributed by atoms with Crippen molar-refractivity contribution < 1.29 is 24.3 Å². The Hall–Kier alpha value is -3.83. The molecule has 8 nitrogen and oxygen atoms in total. The van der Waals surface area contributed by atoms with Gasteiger partial charge in [-0.2, -0.15) is 0 Å². The lowest BCUT2D eigenvalue weighted by Gasteiger charge is -2.25. The van der Waals surface area contributed by atoms with Gasteiger partial charge >= 0.3 is 0 Å². The minimum absolute atomic E-state index is 0.266. The molecule has 2 aromatic carbocycles. The molecule has 0 aliphatic heterocycles. The molecule has 0 aromatic heterocycles. The first-order valence-electron chi connectivity index (χ1n) is 8.60. The number of nitrogens with one attached hydrogen (secondary N) is 2. The second-order valence-electron chi connectivity index (χ2n) is 5.96. The van der Waals surface area contributed by atoms with E-state index in [4.69, 9.17) is 9.94 Å². The van der Waals surface area contributed by atoms with Gasteiger partial charge in [0, 0.05) is 30.8 Å². The Morgan fingerprint density at radius 2 is 1.48 bits per heavy atom. The highest BCUT2D eigenvalue weighted by Crippen LogP contribution is 2.12. The molecular weight excluding hydrogens is 374 g/mol. The average Bonchev–Trinajstić information content (AvgIpc) is 2.77. The van der Waals surface area contributed by atoms with Gasteiger partial charge in [0.25, 0.3) is 17.7 Å². The predicted molar refractivity (Wildman–Crippen MR) is 105 cm³/mol. The van der Waals surface area contributed by atoms with Crippen molar-refractivity contribution in [2.24, 2.45) is 0 Å². The van der Waals surface area contributed by atoms with E-state index >= 15 is 0 Å². The van der Waals surface area contributed by atoms with Gasteiger partial charge in [0.2, 0.25) is 0 Å². The zero-order valence-corrected chi connectivity index (χ0v) is 16.2. The summed E-state index contributed by atoms with van der Waals surface area (Å²) in [4.78, 5) is 37.2. The lowest BCUT2D eigenvalue weighted by molar-refractivity contribution is -0.140. The molecule has 3 amide bonds. The van der Waals surface area contributed by atoms with Gasteiger partial charge in [0.05, 0.1) is 7.11 Å². The number of hydrogen-bond donors (Lipinski definition) is 3. The monoisotopic (exact) mass is 395 g/mol. The molecule has 0 aliphatic carbocycles. The fourth-order valence-electron chi connectivity index (χ4n) is 2.50. The smallest absolute Gasteiger partial charge is 0.275 e. The molecule has 0 saturated carbocycles. The minimum atomic E-state index is -1.51. The maximum atomic E-state index is 12.6. The van der Waals surface area contributed by atoms with Gasteiger partial charge in [0.15, 0.2) is 6.04 Å². The Labute approximate surface area is 168 Å². The van der Waals surface area contributed by atoms with Crippen LogP contribution in [0.25, 0.3) is 0 Å². The van der Waals surface area contributed by atoms with Crippen LogP contribution in [0.5, 0.6) is 5.75 Å². The number of rotatable bonds is 5. The molecule has 0 fully saturated rings. The van der Waals surface area contributed by atoms with Gasteiger partial charge in [0.1, 0.15) is 5.75 Å². The van der Waals surface area contributed by atoms with Crippen LogP contribution in [0.4, 0.5) is 0 Å². The number of carbonyl (C=O) groups excluding carboxylic acids is 3. The topological polar surface area (TPSA) is 108 Å². The van der Waals surface area contributed by atoms with Crippen LogP contribution in [0.3, 0.4) is 0 Å². The van der Waals surface area contributed by atoms with Crippen molar-refractivity contribution >= 4 is 17.7 Å². The molecule has 0 heterocycles. The standard InChI is InChI=1S/C21H21N3O5/c1-22-19(25)18(20(26)23-28)24(2)21(27)16-10-6-14(7-11-16)4-5-15-8-12-17(29-3)13-9-15/h6-13,18,28H,1-3H3,(H,22,25)(H,23,26). The number of hydroxylamine groups is 1. The van der Waals surface area contributed by atoms with E-state index in [-0.39, 0.29) is 5.56 Å². The van der Waals surface area contributed by atoms with Crippen LogP contribution in [-0.2, 0) is 9.59 Å². The van der Waals surface area contributed by atoms with E-state index in [1.807, 2.05) is 24.3 Å². The molecule has 0 bridgehead atoms. The third kappa shape index (κ3) is 5.34. The number of hydrogen-bond acceptors (Lipinski definition) is 5. The molecule has 2 aromatic rings. The first-order chi connectivity index (χ1) is 13.9. The van der Waals surface area contributed by atoms with Crippen molar-refractivity contribution in [3.8, 4) is 17.6 Å². The zero-order chi connectivity index (χ0) is 21.4. The van der Waals surface area contributed by atoms with Crippen molar-refractivity contribution in [3.05, 3.63) is 65.2 Å². The number of methoxy groups -OCH3 is 1. The first kappa shape index (κ1) is 21.5. The quantitative estimate of drug-likeness (QED) is 0.300. The Morgan fingerprint density at radius 3 is 1.93 bits per heavy atom. The van der Waals surface area contributed by atoms with E-state index in [1.165, 1.54) is 19.6 Å². The molecule has 29 heavy (non-hydrogen) atoms. The SMILES string of the molecule is CNC(=O)C(C(=O)NO)N(C)C(=O)c1ccc(C#Cc2ccc(OC)cc2)cc1. The number of nitrogens with zero attached hydrogens (tertiary/aromatic N) is 1. The summed E-state index contributed by atoms with van der Waals surface area (Å²) in [5, 5.41) is 11.1. The molecule has 0 aliphatic rings. The van der Waals surface area contributed by atoms with Crippen LogP contribution in [0.15, 0.2) is 48.5 Å². The lowest BCUT2D eigenvalue weighted by atomic mass is 10.1. The van der Waals surface area contributed by atoms with Crippen molar-refractivity contribution in [2.75, 3.05) is 21.2 Å². The second-order valence-corrected chi connectivity index (χ2v) is 5.96. The summed E-state index contributed by atoms with van der Waals surface area (Å²) >= 11 is 0. The van der Waals surface area contributed by atoms with E-state index in [9.17, 15) is 14.4 Å². The maximum Gasteiger partial charge on any atom is 0.275 e. The molecule has 1 unspecified atom stereocenters. The first-order valence-corrected chi connectivity index (χ1v) is 8.60. The van der Waals surface area contributed by atoms with Crippen LogP contribution in [0.2, 0.25) is 0 Å². The molecule has 3 N–H and O–H groups in total. The Balaban J connectivity index is 2.16. The van der Waals surface area contributed by atoms with Crippen LogP contribution < -0.4 is 15.5 Å².